The summed E-state index contributed by atoms with van der Waals surface area (Å²) in [6, 6.07) is 72.2. The zero-order chi connectivity index (χ0) is 36.8. The number of anilines is 3. The topological polar surface area (TPSA) is 3.24 Å². The lowest BCUT2D eigenvalue weighted by molar-refractivity contribution is 0.687. The third kappa shape index (κ3) is 5.45. The molecule has 55 heavy (non-hydrogen) atoms. The molecule has 0 unspecified atom stereocenters. The van der Waals surface area contributed by atoms with E-state index in [0.29, 0.717) is 0 Å². The molecule has 0 radical (unpaired) electrons. The number of aryl methyl sites for hydroxylation is 2. The summed E-state index contributed by atoms with van der Waals surface area (Å²) in [5.41, 5.74) is 20.1. The van der Waals surface area contributed by atoms with Crippen LogP contribution in [0.5, 0.6) is 0 Å². The minimum atomic E-state index is -0.526. The Morgan fingerprint density at radius 1 is 0.436 bits per heavy atom. The van der Waals surface area contributed by atoms with E-state index in [2.05, 4.69) is 206 Å². The molecule has 0 spiro atoms. The Labute approximate surface area is 325 Å². The summed E-state index contributed by atoms with van der Waals surface area (Å²) in [6.45, 7) is 2.22. The van der Waals surface area contributed by atoms with Crippen LogP contribution in [0.2, 0.25) is 0 Å². The van der Waals surface area contributed by atoms with E-state index in [1.807, 2.05) is 0 Å². The summed E-state index contributed by atoms with van der Waals surface area (Å²) >= 11 is 0. The Morgan fingerprint density at radius 3 is 1.76 bits per heavy atom. The molecule has 0 saturated carbocycles. The number of hydrogen-bond donors (Lipinski definition) is 0. The lowest BCUT2D eigenvalue weighted by Crippen LogP contribution is -2.28. The Hall–Kier alpha value is -6.44. The second-order valence-corrected chi connectivity index (χ2v) is 15.1. The lowest BCUT2D eigenvalue weighted by atomic mass is 9.67. The molecule has 0 amide bonds. The van der Waals surface area contributed by atoms with Gasteiger partial charge in [0.2, 0.25) is 0 Å². The Balaban J connectivity index is 1.21. The number of hydrogen-bond acceptors (Lipinski definition) is 1. The molecule has 0 heterocycles. The summed E-state index contributed by atoms with van der Waals surface area (Å²) in [7, 11) is 0. The number of nitrogens with zero attached hydrogens (tertiary/aromatic N) is 1. The van der Waals surface area contributed by atoms with E-state index in [4.69, 9.17) is 0 Å². The van der Waals surface area contributed by atoms with E-state index in [9.17, 15) is 0 Å². The molecule has 0 aliphatic heterocycles. The lowest BCUT2D eigenvalue weighted by Gasteiger charge is -2.35. The molecule has 0 bridgehead atoms. The fourth-order valence-corrected chi connectivity index (χ4v) is 9.61. The van der Waals surface area contributed by atoms with Crippen molar-refractivity contribution in [1.29, 1.82) is 0 Å². The standard InChI is InChI=1S/C54H43N/c1-38-17-11-14-30-52(38)55(44-33-31-41(32-34-44)47-27-15-21-39-20-12-13-26-46(39)47)45-35-36-49-51(37-45)54(42-22-7-3-8-23-42,43-24-9-4-10-25-43)50-29-16-28-48(53(49)50)40-18-5-2-6-19-40/h2-11,14-19,21-25,27-37H,12-13,20,26H2,1H3. The van der Waals surface area contributed by atoms with Gasteiger partial charge < -0.3 is 4.90 Å². The molecule has 0 saturated heterocycles. The van der Waals surface area contributed by atoms with Gasteiger partial charge in [-0.25, -0.2) is 0 Å². The maximum atomic E-state index is 2.48. The van der Waals surface area contributed by atoms with Gasteiger partial charge in [0, 0.05) is 17.1 Å². The Morgan fingerprint density at radius 2 is 1.04 bits per heavy atom. The van der Waals surface area contributed by atoms with Crippen LogP contribution in [-0.4, -0.2) is 0 Å². The van der Waals surface area contributed by atoms with Crippen LogP contribution in [0.15, 0.2) is 194 Å². The second-order valence-electron chi connectivity index (χ2n) is 15.1. The van der Waals surface area contributed by atoms with Crippen LogP contribution >= 0.6 is 0 Å². The van der Waals surface area contributed by atoms with Gasteiger partial charge in [-0.1, -0.05) is 164 Å². The average Bonchev–Trinajstić information content (AvgIpc) is 3.56. The van der Waals surface area contributed by atoms with E-state index < -0.39 is 5.41 Å². The Kier molecular flexibility index (Phi) is 8.29. The van der Waals surface area contributed by atoms with Gasteiger partial charge in [-0.2, -0.15) is 0 Å². The van der Waals surface area contributed by atoms with Crippen LogP contribution in [0.25, 0.3) is 33.4 Å². The van der Waals surface area contributed by atoms with E-state index in [-0.39, 0.29) is 0 Å². The van der Waals surface area contributed by atoms with Crippen LogP contribution < -0.4 is 4.90 Å². The molecule has 0 fully saturated rings. The normalized spacial score (nSPS) is 13.8. The molecule has 2 aliphatic carbocycles. The first-order valence-corrected chi connectivity index (χ1v) is 19.7. The minimum absolute atomic E-state index is 0.526. The van der Waals surface area contributed by atoms with Crippen molar-refractivity contribution in [2.24, 2.45) is 0 Å². The van der Waals surface area contributed by atoms with Gasteiger partial charge in [-0.05, 0) is 135 Å². The zero-order valence-electron chi connectivity index (χ0n) is 31.3. The van der Waals surface area contributed by atoms with Crippen molar-refractivity contribution in [3.8, 4) is 33.4 Å². The van der Waals surface area contributed by atoms with Crippen molar-refractivity contribution in [3.63, 3.8) is 0 Å². The van der Waals surface area contributed by atoms with E-state index in [1.165, 1.54) is 97.3 Å². The van der Waals surface area contributed by atoms with Crippen molar-refractivity contribution in [1.82, 2.24) is 0 Å². The molecule has 0 aromatic heterocycles. The molecular formula is C54H43N. The molecule has 0 N–H and O–H groups in total. The van der Waals surface area contributed by atoms with Gasteiger partial charge in [0.05, 0.1) is 5.41 Å². The molecule has 264 valence electrons. The van der Waals surface area contributed by atoms with E-state index in [0.717, 1.165) is 17.8 Å². The van der Waals surface area contributed by atoms with Crippen molar-refractivity contribution < 1.29 is 0 Å². The zero-order valence-corrected chi connectivity index (χ0v) is 31.3. The van der Waals surface area contributed by atoms with Crippen LogP contribution in [-0.2, 0) is 18.3 Å². The highest BCUT2D eigenvalue weighted by Gasteiger charge is 2.47. The van der Waals surface area contributed by atoms with Crippen LogP contribution in [0, 0.1) is 6.92 Å². The first-order valence-electron chi connectivity index (χ1n) is 19.7. The predicted octanol–water partition coefficient (Wildman–Crippen LogP) is 14.0. The number of fused-ring (bicyclic) bond motifs is 4. The van der Waals surface area contributed by atoms with Gasteiger partial charge in [0.25, 0.3) is 0 Å². The van der Waals surface area contributed by atoms with Crippen molar-refractivity contribution in [2.45, 2.75) is 38.0 Å². The summed E-state index contributed by atoms with van der Waals surface area (Å²) in [5, 5.41) is 0. The van der Waals surface area contributed by atoms with E-state index >= 15 is 0 Å². The largest absolute Gasteiger partial charge is 0.310 e. The number of rotatable bonds is 7. The molecular weight excluding hydrogens is 663 g/mol. The average molecular weight is 706 g/mol. The van der Waals surface area contributed by atoms with Gasteiger partial charge in [0.1, 0.15) is 0 Å². The van der Waals surface area contributed by atoms with Gasteiger partial charge in [-0.3, -0.25) is 0 Å². The van der Waals surface area contributed by atoms with Crippen LogP contribution in [0.4, 0.5) is 17.1 Å². The highest BCUT2D eigenvalue weighted by atomic mass is 15.1. The fourth-order valence-electron chi connectivity index (χ4n) is 9.61. The molecule has 1 heteroatoms. The predicted molar refractivity (Wildman–Crippen MR) is 231 cm³/mol. The van der Waals surface area contributed by atoms with Crippen LogP contribution in [0.1, 0.15) is 51.8 Å². The molecule has 1 nitrogen and oxygen atoms in total. The molecule has 8 aromatic rings. The Bertz CT molecular complexity index is 2600. The summed E-state index contributed by atoms with van der Waals surface area (Å²) in [5.74, 6) is 0. The van der Waals surface area contributed by atoms with Crippen molar-refractivity contribution in [3.05, 3.63) is 233 Å². The third-order valence-electron chi connectivity index (χ3n) is 12.1. The maximum Gasteiger partial charge on any atom is 0.0714 e. The monoisotopic (exact) mass is 705 g/mol. The highest BCUT2D eigenvalue weighted by Crippen LogP contribution is 2.59. The molecule has 8 aromatic carbocycles. The summed E-state index contributed by atoms with van der Waals surface area (Å²) in [6.07, 6.45) is 4.91. The fraction of sp³-hybridized carbons (Fsp3) is 0.111. The number of para-hydroxylation sites is 1. The van der Waals surface area contributed by atoms with Gasteiger partial charge >= 0.3 is 0 Å². The van der Waals surface area contributed by atoms with E-state index in [1.54, 1.807) is 0 Å². The van der Waals surface area contributed by atoms with Gasteiger partial charge in [0.15, 0.2) is 0 Å². The quantitative estimate of drug-likeness (QED) is 0.160. The van der Waals surface area contributed by atoms with Gasteiger partial charge in [-0.15, -0.1) is 0 Å². The second kappa shape index (κ2) is 13.8. The molecule has 0 atom stereocenters. The van der Waals surface area contributed by atoms with Crippen LogP contribution in [0.3, 0.4) is 0 Å². The minimum Gasteiger partial charge on any atom is -0.310 e. The first-order chi connectivity index (χ1) is 27.2. The third-order valence-corrected chi connectivity index (χ3v) is 12.1. The highest BCUT2D eigenvalue weighted by molar-refractivity contribution is 5.97. The first kappa shape index (κ1) is 33.2. The van der Waals surface area contributed by atoms with Crippen molar-refractivity contribution in [2.75, 3.05) is 4.90 Å². The van der Waals surface area contributed by atoms with Crippen molar-refractivity contribution >= 4 is 17.1 Å². The maximum absolute atomic E-state index is 2.48. The summed E-state index contributed by atoms with van der Waals surface area (Å²) < 4.78 is 0. The smallest absolute Gasteiger partial charge is 0.0714 e. The SMILES string of the molecule is Cc1ccccc1N(c1ccc(-c2cccc3c2CCCC3)cc1)c1ccc2c(c1)C(c1ccccc1)(c1ccccc1)c1cccc(-c3ccccc3)c1-2. The molecule has 2 aliphatic rings. The molecule has 10 rings (SSSR count). The summed E-state index contributed by atoms with van der Waals surface area (Å²) in [4.78, 5) is 2.46. The number of benzene rings is 8.